The molecule has 0 fully saturated rings. The van der Waals surface area contributed by atoms with Crippen molar-refractivity contribution in [2.45, 2.75) is 6.92 Å². The second-order valence-electron chi connectivity index (χ2n) is 5.37. The Kier molecular flexibility index (Phi) is 7.18. The quantitative estimate of drug-likeness (QED) is 0.694. The lowest BCUT2D eigenvalue weighted by molar-refractivity contribution is -0.118. The lowest BCUT2D eigenvalue weighted by atomic mass is 10.2. The summed E-state index contributed by atoms with van der Waals surface area (Å²) in [5, 5.41) is 7.73. The monoisotopic (exact) mass is 371 g/mol. The van der Waals surface area contributed by atoms with E-state index in [0.717, 1.165) is 0 Å². The average molecular weight is 371 g/mol. The topological polar surface area (TPSA) is 106 Å². The first-order valence-corrected chi connectivity index (χ1v) is 8.30. The van der Waals surface area contributed by atoms with E-state index in [-0.39, 0.29) is 25.0 Å². The van der Waals surface area contributed by atoms with Crippen LogP contribution in [0.4, 0.5) is 16.2 Å². The second kappa shape index (κ2) is 9.81. The maximum absolute atomic E-state index is 12.1. The van der Waals surface area contributed by atoms with Crippen LogP contribution in [0.15, 0.2) is 48.5 Å². The van der Waals surface area contributed by atoms with Crippen LogP contribution in [-0.4, -0.2) is 38.2 Å². The highest BCUT2D eigenvalue weighted by molar-refractivity contribution is 5.97. The zero-order valence-electron chi connectivity index (χ0n) is 15.1. The first-order chi connectivity index (χ1) is 13.0. The minimum atomic E-state index is -0.566. The summed E-state index contributed by atoms with van der Waals surface area (Å²) >= 11 is 0. The van der Waals surface area contributed by atoms with Crippen LogP contribution in [0.3, 0.4) is 0 Å². The van der Waals surface area contributed by atoms with E-state index in [9.17, 15) is 14.4 Å². The summed E-state index contributed by atoms with van der Waals surface area (Å²) < 4.78 is 10.2. The SMILES string of the molecule is CCOC(=O)Nc1cccc(OCC(=O)Nc2cccc(C(=O)NC)c2)c1. The summed E-state index contributed by atoms with van der Waals surface area (Å²) in [5.41, 5.74) is 1.42. The van der Waals surface area contributed by atoms with Crippen molar-refractivity contribution < 1.29 is 23.9 Å². The first kappa shape index (κ1) is 19.8. The predicted octanol–water partition coefficient (Wildman–Crippen LogP) is 2.63. The molecular weight excluding hydrogens is 350 g/mol. The van der Waals surface area contributed by atoms with Gasteiger partial charge in [-0.25, -0.2) is 4.79 Å². The van der Waals surface area contributed by atoms with Gasteiger partial charge in [0.1, 0.15) is 5.75 Å². The van der Waals surface area contributed by atoms with Gasteiger partial charge in [0.05, 0.1) is 6.61 Å². The van der Waals surface area contributed by atoms with Crippen LogP contribution in [0.1, 0.15) is 17.3 Å². The molecule has 0 spiro atoms. The van der Waals surface area contributed by atoms with Crippen LogP contribution in [0.2, 0.25) is 0 Å². The van der Waals surface area contributed by atoms with Crippen molar-refractivity contribution in [2.75, 3.05) is 30.9 Å². The molecule has 0 saturated carbocycles. The first-order valence-electron chi connectivity index (χ1n) is 8.30. The summed E-state index contributed by atoms with van der Waals surface area (Å²) in [5.74, 6) is -0.209. The van der Waals surface area contributed by atoms with Crippen molar-refractivity contribution in [2.24, 2.45) is 0 Å². The number of amides is 3. The summed E-state index contributed by atoms with van der Waals surface area (Å²) in [6, 6.07) is 13.2. The molecule has 0 heterocycles. The average Bonchev–Trinajstić information content (AvgIpc) is 2.66. The number of anilines is 2. The number of ether oxygens (including phenoxy) is 2. The van der Waals surface area contributed by atoms with Crippen molar-refractivity contribution in [1.29, 1.82) is 0 Å². The number of hydrogen-bond donors (Lipinski definition) is 3. The summed E-state index contributed by atoms with van der Waals surface area (Å²) in [6.07, 6.45) is -0.566. The van der Waals surface area contributed by atoms with Crippen LogP contribution in [-0.2, 0) is 9.53 Å². The Morgan fingerprint density at radius 2 is 1.67 bits per heavy atom. The van der Waals surface area contributed by atoms with E-state index < -0.39 is 6.09 Å². The van der Waals surface area contributed by atoms with Gasteiger partial charge in [-0.2, -0.15) is 0 Å². The molecule has 8 nitrogen and oxygen atoms in total. The fourth-order valence-electron chi connectivity index (χ4n) is 2.18. The molecule has 0 radical (unpaired) electrons. The molecule has 2 aromatic carbocycles. The molecule has 0 saturated heterocycles. The molecular formula is C19H21N3O5. The summed E-state index contributed by atoms with van der Waals surface area (Å²) in [6.45, 7) is 1.75. The van der Waals surface area contributed by atoms with E-state index in [0.29, 0.717) is 22.7 Å². The highest BCUT2D eigenvalue weighted by atomic mass is 16.5. The van der Waals surface area contributed by atoms with Gasteiger partial charge in [-0.15, -0.1) is 0 Å². The smallest absolute Gasteiger partial charge is 0.411 e. The standard InChI is InChI=1S/C19H21N3O5/c1-3-26-19(25)22-15-8-5-9-16(11-15)27-12-17(23)21-14-7-4-6-13(10-14)18(24)20-2/h4-11H,3,12H2,1-2H3,(H,20,24)(H,21,23)(H,22,25). The fourth-order valence-corrected chi connectivity index (χ4v) is 2.18. The molecule has 3 N–H and O–H groups in total. The zero-order chi connectivity index (χ0) is 19.6. The third-order valence-electron chi connectivity index (χ3n) is 3.36. The molecule has 0 aliphatic carbocycles. The van der Waals surface area contributed by atoms with Crippen molar-refractivity contribution >= 4 is 29.3 Å². The molecule has 142 valence electrons. The highest BCUT2D eigenvalue weighted by Crippen LogP contribution is 2.18. The third kappa shape index (κ3) is 6.35. The normalized spacial score (nSPS) is 9.85. The Balaban J connectivity index is 1.90. The largest absolute Gasteiger partial charge is 0.484 e. The lowest BCUT2D eigenvalue weighted by Crippen LogP contribution is -2.21. The number of rotatable bonds is 7. The van der Waals surface area contributed by atoms with Gasteiger partial charge in [0.2, 0.25) is 0 Å². The van der Waals surface area contributed by atoms with Crippen molar-refractivity contribution in [3.05, 3.63) is 54.1 Å². The number of carbonyl (C=O) groups excluding carboxylic acids is 3. The number of carbonyl (C=O) groups is 3. The Labute approximate surface area is 156 Å². The van der Waals surface area contributed by atoms with Gasteiger partial charge in [-0.05, 0) is 37.3 Å². The molecule has 2 aromatic rings. The van der Waals surface area contributed by atoms with Crippen LogP contribution < -0.4 is 20.7 Å². The summed E-state index contributed by atoms with van der Waals surface area (Å²) in [4.78, 5) is 35.1. The second-order valence-corrected chi connectivity index (χ2v) is 5.37. The van der Waals surface area contributed by atoms with Crippen LogP contribution in [0, 0.1) is 0 Å². The van der Waals surface area contributed by atoms with Crippen molar-refractivity contribution in [1.82, 2.24) is 5.32 Å². The highest BCUT2D eigenvalue weighted by Gasteiger charge is 2.08. The molecule has 0 unspecified atom stereocenters. The molecule has 27 heavy (non-hydrogen) atoms. The molecule has 8 heteroatoms. The minimum Gasteiger partial charge on any atom is -0.484 e. The van der Waals surface area contributed by atoms with E-state index >= 15 is 0 Å². The molecule has 0 aliphatic heterocycles. The fraction of sp³-hybridized carbons (Fsp3) is 0.211. The molecule has 0 bridgehead atoms. The Morgan fingerprint density at radius 3 is 2.37 bits per heavy atom. The minimum absolute atomic E-state index is 0.229. The number of nitrogens with one attached hydrogen (secondary N) is 3. The summed E-state index contributed by atoms with van der Waals surface area (Å²) in [7, 11) is 1.53. The molecule has 0 aromatic heterocycles. The van der Waals surface area contributed by atoms with E-state index in [1.54, 1.807) is 55.5 Å². The van der Waals surface area contributed by atoms with Gasteiger partial charge in [0.25, 0.3) is 11.8 Å². The molecule has 3 amide bonds. The maximum Gasteiger partial charge on any atom is 0.411 e. The molecule has 0 atom stereocenters. The number of benzene rings is 2. The van der Waals surface area contributed by atoms with E-state index in [4.69, 9.17) is 9.47 Å². The Morgan fingerprint density at radius 1 is 0.963 bits per heavy atom. The maximum atomic E-state index is 12.1. The van der Waals surface area contributed by atoms with E-state index in [2.05, 4.69) is 16.0 Å². The van der Waals surface area contributed by atoms with Crippen LogP contribution in [0.5, 0.6) is 5.75 Å². The van der Waals surface area contributed by atoms with Gasteiger partial charge in [0.15, 0.2) is 6.61 Å². The third-order valence-corrected chi connectivity index (χ3v) is 3.36. The van der Waals surface area contributed by atoms with E-state index in [1.165, 1.54) is 7.05 Å². The Bertz CT molecular complexity index is 822. The predicted molar refractivity (Wildman–Crippen MR) is 101 cm³/mol. The van der Waals surface area contributed by atoms with Crippen molar-refractivity contribution in [3.8, 4) is 5.75 Å². The van der Waals surface area contributed by atoms with Gasteiger partial charge < -0.3 is 20.1 Å². The molecule has 0 aliphatic rings. The van der Waals surface area contributed by atoms with Crippen LogP contribution in [0.25, 0.3) is 0 Å². The Hall–Kier alpha value is -3.55. The van der Waals surface area contributed by atoms with Crippen LogP contribution >= 0.6 is 0 Å². The van der Waals surface area contributed by atoms with Gasteiger partial charge in [-0.1, -0.05) is 12.1 Å². The van der Waals surface area contributed by atoms with Gasteiger partial charge >= 0.3 is 6.09 Å². The zero-order valence-corrected chi connectivity index (χ0v) is 15.1. The van der Waals surface area contributed by atoms with Gasteiger partial charge in [0, 0.05) is 30.1 Å². The van der Waals surface area contributed by atoms with Crippen molar-refractivity contribution in [3.63, 3.8) is 0 Å². The van der Waals surface area contributed by atoms with E-state index in [1.807, 2.05) is 0 Å². The molecule has 2 rings (SSSR count). The number of hydrogen-bond acceptors (Lipinski definition) is 5. The lowest BCUT2D eigenvalue weighted by Gasteiger charge is -2.10. The van der Waals surface area contributed by atoms with Gasteiger partial charge in [-0.3, -0.25) is 14.9 Å².